The van der Waals surface area contributed by atoms with Gasteiger partial charge in [0, 0.05) is 32.1 Å². The lowest BCUT2D eigenvalue weighted by atomic mass is 10.1. The number of carbonyl (C=O) groups excluding carboxylic acids is 1. The minimum Gasteiger partial charge on any atom is -0.478 e. The first-order valence-corrected chi connectivity index (χ1v) is 6.57. The van der Waals surface area contributed by atoms with Gasteiger partial charge in [-0.3, -0.25) is 4.79 Å². The molecule has 0 radical (unpaired) electrons. The summed E-state index contributed by atoms with van der Waals surface area (Å²) in [5, 5.41) is 3.35. The Morgan fingerprint density at radius 3 is 3.00 bits per heavy atom. The topological polar surface area (TPSA) is 67.3 Å². The highest BCUT2D eigenvalue weighted by Gasteiger charge is 2.23. The Labute approximate surface area is 113 Å². The van der Waals surface area contributed by atoms with Gasteiger partial charge in [-0.1, -0.05) is 0 Å². The zero-order chi connectivity index (χ0) is 13.8. The van der Waals surface area contributed by atoms with Crippen molar-refractivity contribution < 1.29 is 9.53 Å². The van der Waals surface area contributed by atoms with E-state index in [1.165, 1.54) is 0 Å². The molecule has 1 aliphatic rings. The van der Waals surface area contributed by atoms with Gasteiger partial charge in [-0.15, -0.1) is 0 Å². The minimum atomic E-state index is 0.201. The average Bonchev–Trinajstić information content (AvgIpc) is 2.33. The van der Waals surface area contributed by atoms with Crippen molar-refractivity contribution in [2.24, 2.45) is 0 Å². The fraction of sp³-hybridized carbons (Fsp3) is 0.615. The van der Waals surface area contributed by atoms with Gasteiger partial charge in [0.05, 0.1) is 6.61 Å². The number of hydrogen-bond donors (Lipinski definition) is 1. The summed E-state index contributed by atoms with van der Waals surface area (Å²) < 4.78 is 5.40. The second-order valence-electron chi connectivity index (χ2n) is 4.73. The number of aryl methyl sites for hydroxylation is 1. The summed E-state index contributed by atoms with van der Waals surface area (Å²) in [5.74, 6) is 2.21. The molecule has 2 rings (SSSR count). The number of rotatable bonds is 4. The van der Waals surface area contributed by atoms with E-state index in [2.05, 4.69) is 15.3 Å². The van der Waals surface area contributed by atoms with Gasteiger partial charge in [0.25, 0.3) is 0 Å². The maximum Gasteiger partial charge on any atom is 0.222 e. The fourth-order valence-corrected chi connectivity index (χ4v) is 2.18. The molecular formula is C13H20N4O2. The molecule has 0 aromatic carbocycles. The van der Waals surface area contributed by atoms with Gasteiger partial charge in [-0.05, 0) is 20.3 Å². The molecule has 1 aliphatic heterocycles. The summed E-state index contributed by atoms with van der Waals surface area (Å²) in [6, 6.07) is 2.03. The third-order valence-corrected chi connectivity index (χ3v) is 3.09. The number of carbonyl (C=O) groups is 1. The number of anilines is 1. The molecular weight excluding hydrogens is 244 g/mol. The second kappa shape index (κ2) is 5.86. The standard InChI is InChI=1S/C13H20N4O2/c1-4-19-12-7-11(14-9(2)15-12)16-10-5-6-13(18)17(3)8-10/h7,10H,4-6,8H2,1-3H3,(H,14,15,16). The Hall–Kier alpha value is -1.85. The van der Waals surface area contributed by atoms with Gasteiger partial charge in [-0.25, -0.2) is 4.98 Å². The van der Waals surface area contributed by atoms with Crippen LogP contribution < -0.4 is 10.1 Å². The van der Waals surface area contributed by atoms with Gasteiger partial charge < -0.3 is 15.0 Å². The van der Waals surface area contributed by atoms with Gasteiger partial charge in [0.1, 0.15) is 11.6 Å². The summed E-state index contributed by atoms with van der Waals surface area (Å²) in [5.41, 5.74) is 0. The Balaban J connectivity index is 2.04. The molecule has 104 valence electrons. The van der Waals surface area contributed by atoms with E-state index in [4.69, 9.17) is 4.74 Å². The number of ether oxygens (including phenoxy) is 1. The van der Waals surface area contributed by atoms with E-state index >= 15 is 0 Å². The SMILES string of the molecule is CCOc1cc(NC2CCC(=O)N(C)C2)nc(C)n1. The zero-order valence-electron chi connectivity index (χ0n) is 11.6. The molecule has 0 spiro atoms. The van der Waals surface area contributed by atoms with Crippen LogP contribution in [0, 0.1) is 6.92 Å². The van der Waals surface area contributed by atoms with Crippen molar-refractivity contribution in [3.05, 3.63) is 11.9 Å². The molecule has 0 saturated carbocycles. The molecule has 19 heavy (non-hydrogen) atoms. The lowest BCUT2D eigenvalue weighted by molar-refractivity contribution is -0.132. The first-order chi connectivity index (χ1) is 9.08. The number of likely N-dealkylation sites (N-methyl/N-ethyl adjacent to an activating group) is 1. The molecule has 6 heteroatoms. The smallest absolute Gasteiger partial charge is 0.222 e. The maximum atomic E-state index is 11.4. The molecule has 6 nitrogen and oxygen atoms in total. The van der Waals surface area contributed by atoms with Crippen LogP contribution in [0.3, 0.4) is 0 Å². The highest BCUT2D eigenvalue weighted by atomic mass is 16.5. The number of likely N-dealkylation sites (tertiary alicyclic amines) is 1. The van der Waals surface area contributed by atoms with Crippen molar-refractivity contribution >= 4 is 11.7 Å². The van der Waals surface area contributed by atoms with Crippen LogP contribution in [0.25, 0.3) is 0 Å². The number of nitrogens with zero attached hydrogens (tertiary/aromatic N) is 3. The third kappa shape index (κ3) is 3.56. The molecule has 1 amide bonds. The lowest BCUT2D eigenvalue weighted by Crippen LogP contribution is -2.43. The molecule has 1 fully saturated rings. The number of piperidine rings is 1. The summed E-state index contributed by atoms with van der Waals surface area (Å²) in [7, 11) is 1.83. The van der Waals surface area contributed by atoms with Crippen LogP contribution in [0.2, 0.25) is 0 Å². The molecule has 0 aliphatic carbocycles. The van der Waals surface area contributed by atoms with Crippen LogP contribution in [-0.2, 0) is 4.79 Å². The van der Waals surface area contributed by atoms with E-state index in [1.54, 1.807) is 11.0 Å². The number of amides is 1. The number of hydrogen-bond acceptors (Lipinski definition) is 5. The first kappa shape index (κ1) is 13.6. The quantitative estimate of drug-likeness (QED) is 0.885. The van der Waals surface area contributed by atoms with Crippen LogP contribution in [0.15, 0.2) is 6.07 Å². The van der Waals surface area contributed by atoms with E-state index < -0.39 is 0 Å². The van der Waals surface area contributed by atoms with Crippen molar-refractivity contribution in [2.75, 3.05) is 25.5 Å². The molecule has 1 aromatic heterocycles. The van der Waals surface area contributed by atoms with Crippen molar-refractivity contribution in [1.29, 1.82) is 0 Å². The lowest BCUT2D eigenvalue weighted by Gasteiger charge is -2.30. The largest absolute Gasteiger partial charge is 0.478 e. The number of nitrogens with one attached hydrogen (secondary N) is 1. The Kier molecular flexibility index (Phi) is 4.19. The molecule has 0 bridgehead atoms. The highest BCUT2D eigenvalue weighted by molar-refractivity contribution is 5.77. The van der Waals surface area contributed by atoms with Crippen molar-refractivity contribution in [3.63, 3.8) is 0 Å². The molecule has 1 N–H and O–H groups in total. The first-order valence-electron chi connectivity index (χ1n) is 6.57. The second-order valence-corrected chi connectivity index (χ2v) is 4.73. The number of aromatic nitrogens is 2. The fourth-order valence-electron chi connectivity index (χ4n) is 2.18. The van der Waals surface area contributed by atoms with Crippen molar-refractivity contribution in [2.45, 2.75) is 32.7 Å². The van der Waals surface area contributed by atoms with E-state index in [1.807, 2.05) is 20.9 Å². The minimum absolute atomic E-state index is 0.201. The predicted molar refractivity (Wildman–Crippen MR) is 72.2 cm³/mol. The van der Waals surface area contributed by atoms with Crippen LogP contribution in [-0.4, -0.2) is 47.0 Å². The molecule has 1 atom stereocenters. The molecule has 2 heterocycles. The van der Waals surface area contributed by atoms with Crippen LogP contribution >= 0.6 is 0 Å². The van der Waals surface area contributed by atoms with Gasteiger partial charge in [-0.2, -0.15) is 4.98 Å². The van der Waals surface area contributed by atoms with Gasteiger partial charge in [0.15, 0.2) is 0 Å². The Morgan fingerprint density at radius 1 is 1.53 bits per heavy atom. The van der Waals surface area contributed by atoms with E-state index in [9.17, 15) is 4.79 Å². The molecule has 1 saturated heterocycles. The molecule has 1 aromatic rings. The molecule has 1 unspecified atom stereocenters. The summed E-state index contributed by atoms with van der Waals surface area (Å²) in [4.78, 5) is 21.7. The Morgan fingerprint density at radius 2 is 2.32 bits per heavy atom. The van der Waals surface area contributed by atoms with Crippen LogP contribution in [0.1, 0.15) is 25.6 Å². The van der Waals surface area contributed by atoms with E-state index in [0.29, 0.717) is 31.3 Å². The summed E-state index contributed by atoms with van der Waals surface area (Å²) in [6.07, 6.45) is 1.41. The zero-order valence-corrected chi connectivity index (χ0v) is 11.6. The maximum absolute atomic E-state index is 11.4. The summed E-state index contributed by atoms with van der Waals surface area (Å²) in [6.45, 7) is 5.04. The van der Waals surface area contributed by atoms with E-state index in [-0.39, 0.29) is 11.9 Å². The van der Waals surface area contributed by atoms with Crippen molar-refractivity contribution in [3.8, 4) is 5.88 Å². The van der Waals surface area contributed by atoms with Gasteiger partial charge in [0.2, 0.25) is 11.8 Å². The van der Waals surface area contributed by atoms with Crippen LogP contribution in [0.5, 0.6) is 5.88 Å². The highest BCUT2D eigenvalue weighted by Crippen LogP contribution is 2.18. The van der Waals surface area contributed by atoms with Crippen LogP contribution in [0.4, 0.5) is 5.82 Å². The third-order valence-electron chi connectivity index (χ3n) is 3.09. The van der Waals surface area contributed by atoms with E-state index in [0.717, 1.165) is 12.2 Å². The predicted octanol–water partition coefficient (Wildman–Crippen LogP) is 1.22. The monoisotopic (exact) mass is 264 g/mol. The van der Waals surface area contributed by atoms with Gasteiger partial charge >= 0.3 is 0 Å². The normalized spacial score (nSPS) is 19.4. The summed E-state index contributed by atoms with van der Waals surface area (Å²) >= 11 is 0. The Bertz CT molecular complexity index is 464. The average molecular weight is 264 g/mol. The van der Waals surface area contributed by atoms with Crippen molar-refractivity contribution in [1.82, 2.24) is 14.9 Å².